The van der Waals surface area contributed by atoms with Crippen molar-refractivity contribution in [3.8, 4) is 0 Å². The van der Waals surface area contributed by atoms with Gasteiger partial charge in [-0.15, -0.1) is 0 Å². The predicted molar refractivity (Wildman–Crippen MR) is 69.6 cm³/mol. The van der Waals surface area contributed by atoms with Crippen molar-refractivity contribution >= 4 is 32.0 Å². The van der Waals surface area contributed by atoms with Crippen LogP contribution in [0.15, 0.2) is 10.3 Å². The van der Waals surface area contributed by atoms with Crippen molar-refractivity contribution in [3.05, 3.63) is 16.2 Å². The third-order valence-electron chi connectivity index (χ3n) is 2.78. The molecule has 8 nitrogen and oxygen atoms in total. The minimum absolute atomic E-state index is 0.106. The van der Waals surface area contributed by atoms with E-state index in [1.165, 1.54) is 4.31 Å². The largest absolute Gasteiger partial charge is 0.385 e. The lowest BCUT2D eigenvalue weighted by Crippen LogP contribution is -2.46. The quantitative estimate of drug-likeness (QED) is 0.647. The smallest absolute Gasteiger partial charge is 0.304 e. The number of sulfonamides is 1. The summed E-state index contributed by atoms with van der Waals surface area (Å²) in [5, 5.41) is 10.6. The highest BCUT2D eigenvalue weighted by Crippen LogP contribution is 2.36. The molecule has 0 aromatic carbocycles. The zero-order chi connectivity index (χ0) is 14.2. The maximum absolute atomic E-state index is 12.4. The first-order valence-electron chi connectivity index (χ1n) is 5.47. The highest BCUT2D eigenvalue weighted by atomic mass is 32.2. The Kier molecular flexibility index (Phi) is 3.76. The summed E-state index contributed by atoms with van der Waals surface area (Å²) in [4.78, 5) is 10.0. The van der Waals surface area contributed by atoms with Crippen molar-refractivity contribution in [1.82, 2.24) is 4.31 Å². The summed E-state index contributed by atoms with van der Waals surface area (Å²) in [7, 11) is -3.76. The van der Waals surface area contributed by atoms with Gasteiger partial charge in [-0.3, -0.25) is 10.1 Å². The zero-order valence-electron chi connectivity index (χ0n) is 10.1. The fourth-order valence-electron chi connectivity index (χ4n) is 1.83. The van der Waals surface area contributed by atoms with Crippen LogP contribution in [0.1, 0.15) is 6.92 Å². The van der Waals surface area contributed by atoms with Crippen molar-refractivity contribution in [2.45, 2.75) is 17.2 Å². The van der Waals surface area contributed by atoms with E-state index in [0.717, 1.165) is 6.07 Å². The molecule has 2 heterocycles. The molecule has 1 aliphatic heterocycles. The first kappa shape index (κ1) is 14.2. The van der Waals surface area contributed by atoms with Crippen molar-refractivity contribution < 1.29 is 18.1 Å². The summed E-state index contributed by atoms with van der Waals surface area (Å²) in [6.07, 6.45) is 0. The second kappa shape index (κ2) is 5.04. The van der Waals surface area contributed by atoms with E-state index in [1.807, 2.05) is 0 Å². The number of nitro groups is 1. The molecule has 2 rings (SSSR count). The van der Waals surface area contributed by atoms with Gasteiger partial charge in [0.2, 0.25) is 0 Å². The molecule has 10 heteroatoms. The minimum atomic E-state index is -3.76. The number of hydrogen-bond acceptors (Lipinski definition) is 7. The Morgan fingerprint density at radius 2 is 2.32 bits per heavy atom. The normalized spacial score (nSPS) is 21.4. The van der Waals surface area contributed by atoms with Crippen LogP contribution in [0.4, 0.5) is 10.7 Å². The van der Waals surface area contributed by atoms with Crippen LogP contribution >= 0.6 is 11.3 Å². The van der Waals surface area contributed by atoms with Crippen molar-refractivity contribution in [2.24, 2.45) is 0 Å². The molecule has 0 spiro atoms. The van der Waals surface area contributed by atoms with Gasteiger partial charge in [-0.2, -0.15) is 4.31 Å². The molecule has 1 unspecified atom stereocenters. The van der Waals surface area contributed by atoms with Crippen molar-refractivity contribution in [3.63, 3.8) is 0 Å². The van der Waals surface area contributed by atoms with E-state index < -0.39 is 14.9 Å². The van der Waals surface area contributed by atoms with Gasteiger partial charge in [-0.25, -0.2) is 8.42 Å². The maximum Gasteiger partial charge on any atom is 0.304 e. The molecular weight excluding hydrogens is 294 g/mol. The number of hydrogen-bond donors (Lipinski definition) is 1. The first-order chi connectivity index (χ1) is 8.84. The van der Waals surface area contributed by atoms with Crippen LogP contribution in [0.3, 0.4) is 0 Å². The average molecular weight is 307 g/mol. The number of nitrogens with zero attached hydrogens (tertiary/aromatic N) is 2. The van der Waals surface area contributed by atoms with Crippen LogP contribution in [0, 0.1) is 10.1 Å². The summed E-state index contributed by atoms with van der Waals surface area (Å²) in [6.45, 7) is 2.58. The van der Waals surface area contributed by atoms with E-state index >= 15 is 0 Å². The number of ether oxygens (including phenoxy) is 1. The Morgan fingerprint density at radius 1 is 1.63 bits per heavy atom. The van der Waals surface area contributed by atoms with E-state index in [1.54, 1.807) is 6.92 Å². The SMILES string of the molecule is CC1COCCN1S(=O)(=O)c1cc([N+](=O)[O-])c(N)s1. The van der Waals surface area contributed by atoms with E-state index in [0.29, 0.717) is 24.6 Å². The molecule has 1 aromatic heterocycles. The number of thiophene rings is 1. The molecule has 0 radical (unpaired) electrons. The molecule has 106 valence electrons. The molecule has 1 aromatic rings. The monoisotopic (exact) mass is 307 g/mol. The van der Waals surface area contributed by atoms with Gasteiger partial charge in [0.25, 0.3) is 10.0 Å². The fraction of sp³-hybridized carbons (Fsp3) is 0.556. The van der Waals surface area contributed by atoms with Gasteiger partial charge in [0.15, 0.2) is 5.00 Å². The highest BCUT2D eigenvalue weighted by molar-refractivity contribution is 7.91. The van der Waals surface area contributed by atoms with E-state index in [-0.39, 0.29) is 27.5 Å². The molecule has 1 aliphatic rings. The Morgan fingerprint density at radius 3 is 2.84 bits per heavy atom. The molecule has 1 fully saturated rings. The second-order valence-corrected chi connectivity index (χ2v) is 7.31. The lowest BCUT2D eigenvalue weighted by Gasteiger charge is -2.31. The summed E-state index contributed by atoms with van der Waals surface area (Å²) < 4.78 is 31.1. The van der Waals surface area contributed by atoms with Crippen LogP contribution < -0.4 is 5.73 Å². The van der Waals surface area contributed by atoms with Gasteiger partial charge >= 0.3 is 5.69 Å². The number of anilines is 1. The van der Waals surface area contributed by atoms with E-state index in [9.17, 15) is 18.5 Å². The van der Waals surface area contributed by atoms with Gasteiger partial charge in [-0.05, 0) is 6.92 Å². The third kappa shape index (κ3) is 2.56. The Labute approximate surface area is 114 Å². The number of morpholine rings is 1. The summed E-state index contributed by atoms with van der Waals surface area (Å²) in [6, 6.07) is 0.707. The van der Waals surface area contributed by atoms with E-state index in [2.05, 4.69) is 0 Å². The maximum atomic E-state index is 12.4. The molecule has 0 amide bonds. The molecular formula is C9H13N3O5S2. The topological polar surface area (TPSA) is 116 Å². The zero-order valence-corrected chi connectivity index (χ0v) is 11.7. The third-order valence-corrected chi connectivity index (χ3v) is 6.20. The molecule has 2 N–H and O–H groups in total. The van der Waals surface area contributed by atoms with Gasteiger partial charge in [0, 0.05) is 18.7 Å². The van der Waals surface area contributed by atoms with Gasteiger partial charge in [-0.1, -0.05) is 11.3 Å². The summed E-state index contributed by atoms with van der Waals surface area (Å²) in [5.74, 6) is 0. The Balaban J connectivity index is 2.39. The Hall–Kier alpha value is -1.23. The van der Waals surface area contributed by atoms with Crippen molar-refractivity contribution in [2.75, 3.05) is 25.5 Å². The molecule has 0 saturated carbocycles. The highest BCUT2D eigenvalue weighted by Gasteiger charge is 2.34. The number of nitrogens with two attached hydrogens (primary N) is 1. The molecule has 0 aliphatic carbocycles. The average Bonchev–Trinajstić information content (AvgIpc) is 2.72. The predicted octanol–water partition coefficient (Wildman–Crippen LogP) is 0.648. The lowest BCUT2D eigenvalue weighted by molar-refractivity contribution is -0.383. The minimum Gasteiger partial charge on any atom is -0.385 e. The summed E-state index contributed by atoms with van der Waals surface area (Å²) in [5.41, 5.74) is 5.10. The van der Waals surface area contributed by atoms with Gasteiger partial charge < -0.3 is 10.5 Å². The van der Waals surface area contributed by atoms with Crippen LogP contribution in [-0.2, 0) is 14.8 Å². The second-order valence-electron chi connectivity index (χ2n) is 4.11. The van der Waals surface area contributed by atoms with Crippen LogP contribution in [0.5, 0.6) is 0 Å². The van der Waals surface area contributed by atoms with Gasteiger partial charge in [0.1, 0.15) is 4.21 Å². The first-order valence-corrected chi connectivity index (χ1v) is 7.73. The fourth-order valence-corrected chi connectivity index (χ4v) is 4.77. The standard InChI is InChI=1S/C9H13N3O5S2/c1-6-5-17-3-2-11(6)19(15,16)8-4-7(12(13)14)9(10)18-8/h4,6H,2-3,5,10H2,1H3. The lowest BCUT2D eigenvalue weighted by atomic mass is 10.3. The number of nitrogen functional groups attached to an aromatic ring is 1. The Bertz CT molecular complexity index is 597. The van der Waals surface area contributed by atoms with Crippen LogP contribution in [0.25, 0.3) is 0 Å². The van der Waals surface area contributed by atoms with Gasteiger partial charge in [0.05, 0.1) is 18.1 Å². The molecule has 1 atom stereocenters. The van der Waals surface area contributed by atoms with E-state index in [4.69, 9.17) is 10.5 Å². The molecule has 1 saturated heterocycles. The molecule has 0 bridgehead atoms. The van der Waals surface area contributed by atoms with Crippen molar-refractivity contribution in [1.29, 1.82) is 0 Å². The summed E-state index contributed by atoms with van der Waals surface area (Å²) >= 11 is 0.711. The number of rotatable bonds is 3. The van der Waals surface area contributed by atoms with Crippen LogP contribution in [-0.4, -0.2) is 43.4 Å². The van der Waals surface area contributed by atoms with Crippen LogP contribution in [0.2, 0.25) is 0 Å². The molecule has 19 heavy (non-hydrogen) atoms.